The van der Waals surface area contributed by atoms with Crippen LogP contribution in [0.5, 0.6) is 0 Å². The molecule has 0 unspecified atom stereocenters. The van der Waals surface area contributed by atoms with Crippen LogP contribution in [0, 0.1) is 5.82 Å². The predicted molar refractivity (Wildman–Crippen MR) is 71.8 cm³/mol. The summed E-state index contributed by atoms with van der Waals surface area (Å²) in [7, 11) is 0. The minimum Gasteiger partial charge on any atom is -0.478 e. The summed E-state index contributed by atoms with van der Waals surface area (Å²) in [4.78, 5) is 10.7. The minimum absolute atomic E-state index is 0.133. The molecule has 0 aliphatic rings. The molecule has 5 nitrogen and oxygen atoms in total. The molecule has 0 saturated heterocycles. The number of hydrogen-bond donors (Lipinski definition) is 4. The Kier molecular flexibility index (Phi) is 4.72. The largest absolute Gasteiger partial charge is 0.478 e. The summed E-state index contributed by atoms with van der Waals surface area (Å²) in [6.45, 7) is 3.92. The monoisotopic (exact) mass is 270 g/mol. The van der Waals surface area contributed by atoms with E-state index in [0.717, 1.165) is 12.1 Å². The van der Waals surface area contributed by atoms with Gasteiger partial charge in [0, 0.05) is 6.54 Å². The zero-order valence-electron chi connectivity index (χ0n) is 11.0. The van der Waals surface area contributed by atoms with E-state index in [1.165, 1.54) is 0 Å². The predicted octanol–water partition coefficient (Wildman–Crippen LogP) is 2.07. The van der Waals surface area contributed by atoms with Gasteiger partial charge in [-0.3, -0.25) is 0 Å². The van der Waals surface area contributed by atoms with Crippen LogP contribution in [0.4, 0.5) is 15.8 Å². The van der Waals surface area contributed by atoms with Crippen molar-refractivity contribution in [1.82, 2.24) is 0 Å². The van der Waals surface area contributed by atoms with Gasteiger partial charge in [0.1, 0.15) is 5.82 Å². The number of benzene rings is 1. The Balaban J connectivity index is 2.92. The number of nitrogens with two attached hydrogens (primary N) is 1. The first-order valence-electron chi connectivity index (χ1n) is 6.11. The second-order valence-corrected chi connectivity index (χ2v) is 4.51. The minimum atomic E-state index is -1.37. The van der Waals surface area contributed by atoms with Gasteiger partial charge < -0.3 is 21.3 Å². The maximum Gasteiger partial charge on any atom is 0.338 e. The zero-order valence-corrected chi connectivity index (χ0v) is 11.0. The highest BCUT2D eigenvalue weighted by molar-refractivity contribution is 5.90. The molecule has 106 valence electrons. The third kappa shape index (κ3) is 3.57. The van der Waals surface area contributed by atoms with E-state index in [1.807, 2.05) is 13.8 Å². The van der Waals surface area contributed by atoms with E-state index in [4.69, 9.17) is 10.8 Å². The summed E-state index contributed by atoms with van der Waals surface area (Å²) in [5.41, 5.74) is 4.72. The number of nitrogen functional groups attached to an aromatic ring is 1. The number of carbonyl (C=O) groups is 1. The number of carboxylic acid groups (broad SMARTS) is 1. The highest BCUT2D eigenvalue weighted by Crippen LogP contribution is 2.24. The summed E-state index contributed by atoms with van der Waals surface area (Å²) in [6.07, 6.45) is 1.10. The molecule has 0 aromatic heterocycles. The summed E-state index contributed by atoms with van der Waals surface area (Å²) < 4.78 is 13.5. The van der Waals surface area contributed by atoms with E-state index in [2.05, 4.69) is 5.32 Å². The summed E-state index contributed by atoms with van der Waals surface area (Å²) in [5, 5.41) is 21.7. The highest BCUT2D eigenvalue weighted by atomic mass is 19.1. The van der Waals surface area contributed by atoms with Gasteiger partial charge in [-0.15, -0.1) is 0 Å². The molecular formula is C13H19FN2O3. The molecule has 6 heteroatoms. The molecule has 0 saturated carbocycles. The zero-order chi connectivity index (χ0) is 14.6. The van der Waals surface area contributed by atoms with E-state index >= 15 is 0 Å². The first-order chi connectivity index (χ1) is 8.83. The third-order valence-electron chi connectivity index (χ3n) is 3.29. The number of halogens is 1. The van der Waals surface area contributed by atoms with Crippen molar-refractivity contribution in [2.75, 3.05) is 17.6 Å². The van der Waals surface area contributed by atoms with Crippen molar-refractivity contribution >= 4 is 17.3 Å². The maximum atomic E-state index is 13.5. The Morgan fingerprint density at radius 3 is 2.47 bits per heavy atom. The van der Waals surface area contributed by atoms with Crippen LogP contribution in [-0.4, -0.2) is 28.3 Å². The number of hydrogen-bond acceptors (Lipinski definition) is 4. The van der Waals surface area contributed by atoms with Gasteiger partial charge in [-0.25, -0.2) is 9.18 Å². The Morgan fingerprint density at radius 1 is 1.42 bits per heavy atom. The van der Waals surface area contributed by atoms with E-state index in [9.17, 15) is 14.3 Å². The summed E-state index contributed by atoms with van der Waals surface area (Å²) in [5.74, 6) is -2.23. The standard InChI is InChI=1S/C13H19FN2O3/c1-3-13(19,4-2)7-16-11-6-9(14)8(12(17)18)5-10(11)15/h5-6,16,19H,3-4,7,15H2,1-2H3,(H,17,18). The first-order valence-corrected chi connectivity index (χ1v) is 6.11. The van der Waals surface area contributed by atoms with Gasteiger partial charge >= 0.3 is 5.97 Å². The number of aliphatic hydroxyl groups is 1. The fourth-order valence-electron chi connectivity index (χ4n) is 1.67. The number of anilines is 2. The van der Waals surface area contributed by atoms with Crippen molar-refractivity contribution in [3.63, 3.8) is 0 Å². The van der Waals surface area contributed by atoms with Crippen LogP contribution in [-0.2, 0) is 0 Å². The van der Waals surface area contributed by atoms with Crippen molar-refractivity contribution in [3.8, 4) is 0 Å². The lowest BCUT2D eigenvalue weighted by atomic mass is 9.97. The van der Waals surface area contributed by atoms with Crippen LogP contribution >= 0.6 is 0 Å². The molecule has 0 amide bonds. The van der Waals surface area contributed by atoms with E-state index in [1.54, 1.807) is 0 Å². The topological polar surface area (TPSA) is 95.6 Å². The van der Waals surface area contributed by atoms with Crippen molar-refractivity contribution in [2.24, 2.45) is 0 Å². The van der Waals surface area contributed by atoms with Gasteiger partial charge in [0.2, 0.25) is 0 Å². The molecule has 1 rings (SSSR count). The molecule has 0 bridgehead atoms. The Hall–Kier alpha value is -1.82. The molecule has 0 fully saturated rings. The molecule has 1 aromatic rings. The molecule has 1 aromatic carbocycles. The number of rotatable bonds is 6. The van der Waals surface area contributed by atoms with Crippen LogP contribution in [0.1, 0.15) is 37.0 Å². The van der Waals surface area contributed by atoms with Gasteiger partial charge in [-0.2, -0.15) is 0 Å². The van der Waals surface area contributed by atoms with Crippen LogP contribution in [0.3, 0.4) is 0 Å². The van der Waals surface area contributed by atoms with Crippen LogP contribution < -0.4 is 11.1 Å². The molecule has 0 radical (unpaired) electrons. The maximum absolute atomic E-state index is 13.5. The van der Waals surface area contributed by atoms with Crippen molar-refractivity contribution in [3.05, 3.63) is 23.5 Å². The average molecular weight is 270 g/mol. The third-order valence-corrected chi connectivity index (χ3v) is 3.29. The van der Waals surface area contributed by atoms with Gasteiger partial charge in [0.05, 0.1) is 22.5 Å². The van der Waals surface area contributed by atoms with Crippen molar-refractivity contribution < 1.29 is 19.4 Å². The normalized spacial score (nSPS) is 11.4. The van der Waals surface area contributed by atoms with Gasteiger partial charge in [-0.05, 0) is 25.0 Å². The quantitative estimate of drug-likeness (QED) is 0.593. The van der Waals surface area contributed by atoms with Crippen molar-refractivity contribution in [2.45, 2.75) is 32.3 Å². The highest BCUT2D eigenvalue weighted by Gasteiger charge is 2.22. The molecule has 5 N–H and O–H groups in total. The van der Waals surface area contributed by atoms with Gasteiger partial charge in [-0.1, -0.05) is 13.8 Å². The fraction of sp³-hybridized carbons (Fsp3) is 0.462. The second-order valence-electron chi connectivity index (χ2n) is 4.51. The molecule has 0 aliphatic heterocycles. The Morgan fingerprint density at radius 2 is 2.00 bits per heavy atom. The van der Waals surface area contributed by atoms with Crippen molar-refractivity contribution in [1.29, 1.82) is 0 Å². The smallest absolute Gasteiger partial charge is 0.338 e. The SMILES string of the molecule is CCC(O)(CC)CNc1cc(F)c(C(=O)O)cc1N. The first kappa shape index (κ1) is 15.2. The Labute approximate surface area is 111 Å². The van der Waals surface area contributed by atoms with Crippen LogP contribution in [0.15, 0.2) is 12.1 Å². The Bertz CT molecular complexity index is 473. The van der Waals surface area contributed by atoms with E-state index in [-0.39, 0.29) is 17.9 Å². The number of carboxylic acids is 1. The van der Waals surface area contributed by atoms with E-state index in [0.29, 0.717) is 12.8 Å². The number of aromatic carboxylic acids is 1. The second kappa shape index (κ2) is 5.88. The summed E-state index contributed by atoms with van der Waals surface area (Å²) in [6, 6.07) is 2.10. The molecule has 0 heterocycles. The molecule has 0 atom stereocenters. The van der Waals surface area contributed by atoms with E-state index < -0.39 is 23.0 Å². The average Bonchev–Trinajstić information content (AvgIpc) is 2.38. The fourth-order valence-corrected chi connectivity index (χ4v) is 1.67. The molecule has 19 heavy (non-hydrogen) atoms. The number of nitrogens with one attached hydrogen (secondary N) is 1. The van der Waals surface area contributed by atoms with Gasteiger partial charge in [0.15, 0.2) is 0 Å². The lowest BCUT2D eigenvalue weighted by molar-refractivity contribution is 0.0457. The van der Waals surface area contributed by atoms with Gasteiger partial charge in [0.25, 0.3) is 0 Å². The molecule has 0 aliphatic carbocycles. The lowest BCUT2D eigenvalue weighted by Crippen LogP contribution is -2.35. The summed E-state index contributed by atoms with van der Waals surface area (Å²) >= 11 is 0. The molecule has 0 spiro atoms. The van der Waals surface area contributed by atoms with Crippen LogP contribution in [0.2, 0.25) is 0 Å². The molecular weight excluding hydrogens is 251 g/mol. The lowest BCUT2D eigenvalue weighted by Gasteiger charge is -2.26. The van der Waals surface area contributed by atoms with Crippen LogP contribution in [0.25, 0.3) is 0 Å².